The second kappa shape index (κ2) is 4.23. The molecule has 3 nitrogen and oxygen atoms in total. The molecular weight excluding hydrogens is 242 g/mol. The molecule has 0 aliphatic rings. The van der Waals surface area contributed by atoms with Gasteiger partial charge in [-0.25, -0.2) is 0 Å². The summed E-state index contributed by atoms with van der Waals surface area (Å²) in [6.07, 6.45) is 1.87. The zero-order valence-electron chi connectivity index (χ0n) is 10.4. The van der Waals surface area contributed by atoms with Crippen LogP contribution in [0, 0.1) is 6.92 Å². The predicted molar refractivity (Wildman–Crippen MR) is 75.8 cm³/mol. The number of nitrogens with two attached hydrogens (primary N) is 1. The van der Waals surface area contributed by atoms with Gasteiger partial charge in [0.05, 0.1) is 12.2 Å². The van der Waals surface area contributed by atoms with Gasteiger partial charge in [0.2, 0.25) is 0 Å². The van der Waals surface area contributed by atoms with Crippen LogP contribution in [0.4, 0.5) is 0 Å². The Labute approximate surface area is 110 Å². The third-order valence-electron chi connectivity index (χ3n) is 3.45. The Kier molecular flexibility index (Phi) is 2.69. The maximum absolute atomic E-state index is 6.41. The summed E-state index contributed by atoms with van der Waals surface area (Å²) >= 11 is 1.74. The number of benzene rings is 1. The van der Waals surface area contributed by atoms with Crippen molar-refractivity contribution in [1.29, 1.82) is 0 Å². The summed E-state index contributed by atoms with van der Waals surface area (Å²) < 4.78 is 3.14. The second-order valence-corrected chi connectivity index (χ2v) is 5.39. The minimum Gasteiger partial charge on any atom is -0.320 e. The SMILES string of the molecule is Cc1c(C(N)c2cccc3ccsc23)cnn1C. The molecule has 3 aromatic rings. The number of aromatic nitrogens is 2. The number of hydrogen-bond donors (Lipinski definition) is 1. The van der Waals surface area contributed by atoms with Crippen molar-refractivity contribution in [3.63, 3.8) is 0 Å². The van der Waals surface area contributed by atoms with Crippen LogP contribution in [0.2, 0.25) is 0 Å². The van der Waals surface area contributed by atoms with Gasteiger partial charge >= 0.3 is 0 Å². The number of hydrogen-bond acceptors (Lipinski definition) is 3. The normalized spacial score (nSPS) is 13.1. The largest absolute Gasteiger partial charge is 0.320 e. The van der Waals surface area contributed by atoms with Gasteiger partial charge in [0.15, 0.2) is 0 Å². The van der Waals surface area contributed by atoms with E-state index in [1.807, 2.05) is 17.9 Å². The van der Waals surface area contributed by atoms with Crippen molar-refractivity contribution in [2.75, 3.05) is 0 Å². The van der Waals surface area contributed by atoms with E-state index in [9.17, 15) is 0 Å². The van der Waals surface area contributed by atoms with Gasteiger partial charge in [-0.05, 0) is 29.3 Å². The molecular formula is C14H15N3S. The highest BCUT2D eigenvalue weighted by Crippen LogP contribution is 2.31. The first-order valence-corrected chi connectivity index (χ1v) is 6.76. The number of nitrogens with zero attached hydrogens (tertiary/aromatic N) is 2. The van der Waals surface area contributed by atoms with Gasteiger partial charge in [0.25, 0.3) is 0 Å². The molecule has 0 radical (unpaired) electrons. The molecule has 0 fully saturated rings. The van der Waals surface area contributed by atoms with Crippen molar-refractivity contribution in [3.05, 3.63) is 52.7 Å². The molecule has 0 bridgehead atoms. The monoisotopic (exact) mass is 257 g/mol. The topological polar surface area (TPSA) is 43.8 Å². The molecule has 0 spiro atoms. The van der Waals surface area contributed by atoms with E-state index >= 15 is 0 Å². The molecule has 92 valence electrons. The molecule has 2 aromatic heterocycles. The van der Waals surface area contributed by atoms with Gasteiger partial charge in [-0.3, -0.25) is 4.68 Å². The summed E-state index contributed by atoms with van der Waals surface area (Å²) in [6.45, 7) is 2.05. The summed E-state index contributed by atoms with van der Waals surface area (Å²) in [5, 5.41) is 7.64. The van der Waals surface area contributed by atoms with Crippen LogP contribution in [0.3, 0.4) is 0 Å². The minimum atomic E-state index is -0.110. The molecule has 0 amide bonds. The van der Waals surface area contributed by atoms with Crippen molar-refractivity contribution in [3.8, 4) is 0 Å². The Bertz CT molecular complexity index is 696. The Balaban J connectivity index is 2.14. The summed E-state index contributed by atoms with van der Waals surface area (Å²) in [6, 6.07) is 8.32. The second-order valence-electron chi connectivity index (χ2n) is 4.47. The molecule has 1 unspecified atom stereocenters. The molecule has 18 heavy (non-hydrogen) atoms. The van der Waals surface area contributed by atoms with Crippen LogP contribution in [0.25, 0.3) is 10.1 Å². The van der Waals surface area contributed by atoms with Crippen molar-refractivity contribution in [1.82, 2.24) is 9.78 Å². The van der Waals surface area contributed by atoms with E-state index in [1.165, 1.54) is 15.6 Å². The number of rotatable bonds is 2. The number of aryl methyl sites for hydroxylation is 1. The van der Waals surface area contributed by atoms with E-state index in [2.05, 4.69) is 41.7 Å². The Morgan fingerprint density at radius 2 is 2.11 bits per heavy atom. The minimum absolute atomic E-state index is 0.110. The predicted octanol–water partition coefficient (Wildman–Crippen LogP) is 2.99. The molecule has 0 saturated carbocycles. The van der Waals surface area contributed by atoms with Gasteiger partial charge in [-0.2, -0.15) is 5.10 Å². The first-order chi connectivity index (χ1) is 8.68. The van der Waals surface area contributed by atoms with E-state index in [4.69, 9.17) is 5.73 Å². The zero-order valence-corrected chi connectivity index (χ0v) is 11.2. The van der Waals surface area contributed by atoms with Gasteiger partial charge in [-0.1, -0.05) is 18.2 Å². The zero-order chi connectivity index (χ0) is 12.7. The average Bonchev–Trinajstić information content (AvgIpc) is 2.96. The number of fused-ring (bicyclic) bond motifs is 1. The van der Waals surface area contributed by atoms with E-state index < -0.39 is 0 Å². The summed E-state index contributed by atoms with van der Waals surface area (Å²) in [5.74, 6) is 0. The highest BCUT2D eigenvalue weighted by molar-refractivity contribution is 7.17. The average molecular weight is 257 g/mol. The molecule has 4 heteroatoms. The van der Waals surface area contributed by atoms with Gasteiger partial charge in [-0.15, -0.1) is 11.3 Å². The lowest BCUT2D eigenvalue weighted by atomic mass is 9.99. The van der Waals surface area contributed by atoms with Crippen molar-refractivity contribution in [2.45, 2.75) is 13.0 Å². The fourth-order valence-corrected chi connectivity index (χ4v) is 3.20. The van der Waals surface area contributed by atoms with E-state index in [1.54, 1.807) is 11.3 Å². The van der Waals surface area contributed by atoms with Crippen molar-refractivity contribution < 1.29 is 0 Å². The standard InChI is InChI=1S/C14H15N3S/c1-9-12(8-16-17(9)2)13(15)11-5-3-4-10-6-7-18-14(10)11/h3-8,13H,15H2,1-2H3. The molecule has 0 aliphatic carbocycles. The highest BCUT2D eigenvalue weighted by Gasteiger charge is 2.17. The van der Waals surface area contributed by atoms with Crippen LogP contribution in [-0.2, 0) is 7.05 Å². The first-order valence-electron chi connectivity index (χ1n) is 5.88. The Morgan fingerprint density at radius 3 is 2.83 bits per heavy atom. The third kappa shape index (κ3) is 1.65. The third-order valence-corrected chi connectivity index (χ3v) is 4.43. The van der Waals surface area contributed by atoms with Gasteiger partial charge < -0.3 is 5.73 Å². The van der Waals surface area contributed by atoms with Crippen molar-refractivity contribution in [2.24, 2.45) is 12.8 Å². The molecule has 0 aliphatic heterocycles. The highest BCUT2D eigenvalue weighted by atomic mass is 32.1. The lowest BCUT2D eigenvalue weighted by Gasteiger charge is -2.13. The molecule has 3 rings (SSSR count). The molecule has 2 N–H and O–H groups in total. The lowest BCUT2D eigenvalue weighted by molar-refractivity contribution is 0.734. The summed E-state index contributed by atoms with van der Waals surface area (Å²) in [4.78, 5) is 0. The quantitative estimate of drug-likeness (QED) is 0.767. The number of thiophene rings is 1. The van der Waals surface area contributed by atoms with Gasteiger partial charge in [0, 0.05) is 23.0 Å². The first kappa shape index (κ1) is 11.4. The van der Waals surface area contributed by atoms with Crippen LogP contribution in [0.1, 0.15) is 22.9 Å². The van der Waals surface area contributed by atoms with E-state index in [0.29, 0.717) is 0 Å². The maximum Gasteiger partial charge on any atom is 0.0599 e. The molecule has 1 aromatic carbocycles. The molecule has 0 saturated heterocycles. The van der Waals surface area contributed by atoms with Crippen LogP contribution < -0.4 is 5.73 Å². The lowest BCUT2D eigenvalue weighted by Crippen LogP contribution is -2.12. The fourth-order valence-electron chi connectivity index (χ4n) is 2.25. The van der Waals surface area contributed by atoms with Gasteiger partial charge in [0.1, 0.15) is 0 Å². The van der Waals surface area contributed by atoms with Crippen LogP contribution in [-0.4, -0.2) is 9.78 Å². The summed E-state index contributed by atoms with van der Waals surface area (Å²) in [5.41, 5.74) is 9.81. The Hall–Kier alpha value is -1.65. The molecule has 1 atom stereocenters. The molecule has 2 heterocycles. The Morgan fingerprint density at radius 1 is 1.28 bits per heavy atom. The van der Waals surface area contributed by atoms with E-state index in [0.717, 1.165) is 11.3 Å². The maximum atomic E-state index is 6.41. The van der Waals surface area contributed by atoms with Crippen LogP contribution in [0.15, 0.2) is 35.8 Å². The van der Waals surface area contributed by atoms with Crippen molar-refractivity contribution >= 4 is 21.4 Å². The van der Waals surface area contributed by atoms with Crippen LogP contribution >= 0.6 is 11.3 Å². The van der Waals surface area contributed by atoms with E-state index in [-0.39, 0.29) is 6.04 Å². The smallest absolute Gasteiger partial charge is 0.0599 e. The van der Waals surface area contributed by atoms with Crippen LogP contribution in [0.5, 0.6) is 0 Å². The summed E-state index contributed by atoms with van der Waals surface area (Å²) in [7, 11) is 1.94. The fraction of sp³-hybridized carbons (Fsp3) is 0.214.